The molecule has 0 aromatic rings. The number of rotatable bonds is 2. The zero-order valence-electron chi connectivity index (χ0n) is 7.07. The molecule has 4 nitrogen and oxygen atoms in total. The first-order valence-electron chi connectivity index (χ1n) is 4.06. The van der Waals surface area contributed by atoms with E-state index >= 15 is 0 Å². The Bertz CT molecular complexity index is 209. The summed E-state index contributed by atoms with van der Waals surface area (Å²) in [5.74, 6) is -0.0645. The van der Waals surface area contributed by atoms with Crippen LogP contribution in [0, 0.1) is 17.2 Å². The molecule has 0 saturated heterocycles. The molecule has 3 atom stereocenters. The third-order valence-corrected chi connectivity index (χ3v) is 2.06. The average Bonchev–Trinajstić information content (AvgIpc) is 2.17. The molecule has 0 bridgehead atoms. The maximum Gasteiger partial charge on any atom is 0.127 e. The minimum atomic E-state index is -0.583. The number of aliphatic hydroxyl groups excluding tert-OH is 1. The molecule has 4 heteroatoms. The van der Waals surface area contributed by atoms with Crippen molar-refractivity contribution in [1.29, 1.82) is 5.26 Å². The molecular weight excluding hydrogens is 154 g/mol. The molecular formula is C8H13N3O. The van der Waals surface area contributed by atoms with Crippen molar-refractivity contribution in [3.8, 4) is 6.07 Å². The highest BCUT2D eigenvalue weighted by Gasteiger charge is 2.21. The van der Waals surface area contributed by atoms with Crippen molar-refractivity contribution in [3.63, 3.8) is 0 Å². The van der Waals surface area contributed by atoms with Gasteiger partial charge in [0, 0.05) is 6.21 Å². The van der Waals surface area contributed by atoms with Crippen molar-refractivity contribution in [3.05, 3.63) is 0 Å². The van der Waals surface area contributed by atoms with Gasteiger partial charge in [-0.15, -0.1) is 0 Å². The van der Waals surface area contributed by atoms with Crippen molar-refractivity contribution in [2.24, 2.45) is 10.9 Å². The SMILES string of the molecule is CNC(O)C1CCC(C#N)C=N1. The Morgan fingerprint density at radius 2 is 2.50 bits per heavy atom. The van der Waals surface area contributed by atoms with Crippen LogP contribution >= 0.6 is 0 Å². The zero-order chi connectivity index (χ0) is 8.97. The van der Waals surface area contributed by atoms with Crippen LogP contribution in [0.1, 0.15) is 12.8 Å². The Labute approximate surface area is 71.9 Å². The number of nitriles is 1. The Kier molecular flexibility index (Phi) is 3.20. The maximum absolute atomic E-state index is 9.33. The summed E-state index contributed by atoms with van der Waals surface area (Å²) in [7, 11) is 1.69. The van der Waals surface area contributed by atoms with Gasteiger partial charge in [-0.1, -0.05) is 0 Å². The fourth-order valence-corrected chi connectivity index (χ4v) is 1.24. The zero-order valence-corrected chi connectivity index (χ0v) is 7.07. The summed E-state index contributed by atoms with van der Waals surface area (Å²) in [5, 5.41) is 20.6. The Morgan fingerprint density at radius 1 is 1.75 bits per heavy atom. The smallest absolute Gasteiger partial charge is 0.127 e. The highest BCUT2D eigenvalue weighted by molar-refractivity contribution is 5.65. The van der Waals surface area contributed by atoms with Gasteiger partial charge in [-0.05, 0) is 19.9 Å². The van der Waals surface area contributed by atoms with Crippen LogP contribution in [-0.4, -0.2) is 30.6 Å². The van der Waals surface area contributed by atoms with Crippen LogP contribution in [0.3, 0.4) is 0 Å². The molecule has 12 heavy (non-hydrogen) atoms. The Hall–Kier alpha value is -0.920. The lowest BCUT2D eigenvalue weighted by atomic mass is 9.98. The topological polar surface area (TPSA) is 68.4 Å². The third kappa shape index (κ3) is 2.03. The lowest BCUT2D eigenvalue weighted by molar-refractivity contribution is 0.112. The third-order valence-electron chi connectivity index (χ3n) is 2.06. The minimum Gasteiger partial charge on any atom is -0.376 e. The normalized spacial score (nSPS) is 31.1. The molecule has 1 heterocycles. The molecule has 0 aromatic carbocycles. The Balaban J connectivity index is 2.49. The van der Waals surface area contributed by atoms with E-state index in [2.05, 4.69) is 16.4 Å². The van der Waals surface area contributed by atoms with Crippen molar-refractivity contribution in [1.82, 2.24) is 5.32 Å². The van der Waals surface area contributed by atoms with Crippen LogP contribution in [0.2, 0.25) is 0 Å². The summed E-state index contributed by atoms with van der Waals surface area (Å²) < 4.78 is 0. The lowest BCUT2D eigenvalue weighted by Crippen LogP contribution is -2.38. The number of aliphatic hydroxyl groups is 1. The summed E-state index contributed by atoms with van der Waals surface area (Å²) in [4.78, 5) is 4.09. The summed E-state index contributed by atoms with van der Waals surface area (Å²) >= 11 is 0. The molecule has 1 rings (SSSR count). The number of hydrogen-bond acceptors (Lipinski definition) is 4. The van der Waals surface area contributed by atoms with E-state index in [0.29, 0.717) is 0 Å². The quantitative estimate of drug-likeness (QED) is 0.564. The van der Waals surface area contributed by atoms with Gasteiger partial charge in [0.1, 0.15) is 6.23 Å². The molecule has 0 radical (unpaired) electrons. The molecule has 0 amide bonds. The van der Waals surface area contributed by atoms with E-state index in [-0.39, 0.29) is 12.0 Å². The first-order valence-corrected chi connectivity index (χ1v) is 4.06. The summed E-state index contributed by atoms with van der Waals surface area (Å²) in [6.07, 6.45) is 2.62. The fourth-order valence-electron chi connectivity index (χ4n) is 1.24. The van der Waals surface area contributed by atoms with Gasteiger partial charge in [-0.3, -0.25) is 10.3 Å². The largest absolute Gasteiger partial charge is 0.376 e. The fraction of sp³-hybridized carbons (Fsp3) is 0.750. The summed E-state index contributed by atoms with van der Waals surface area (Å²) in [6, 6.07) is 2.05. The van der Waals surface area contributed by atoms with Crippen LogP contribution in [0.15, 0.2) is 4.99 Å². The predicted octanol–water partition coefficient (Wildman–Crippen LogP) is -0.103. The van der Waals surface area contributed by atoms with Crippen LogP contribution in [0.4, 0.5) is 0 Å². The van der Waals surface area contributed by atoms with E-state index in [1.165, 1.54) is 0 Å². The average molecular weight is 167 g/mol. The van der Waals surface area contributed by atoms with E-state index in [9.17, 15) is 5.11 Å². The molecule has 0 saturated carbocycles. The van der Waals surface area contributed by atoms with E-state index in [4.69, 9.17) is 5.26 Å². The van der Waals surface area contributed by atoms with Gasteiger partial charge in [0.2, 0.25) is 0 Å². The number of hydrogen-bond donors (Lipinski definition) is 2. The second-order valence-electron chi connectivity index (χ2n) is 2.91. The molecule has 2 N–H and O–H groups in total. The minimum absolute atomic E-state index is 0.0645. The molecule has 0 aliphatic carbocycles. The number of nitrogens with zero attached hydrogens (tertiary/aromatic N) is 2. The molecule has 0 fully saturated rings. The maximum atomic E-state index is 9.33. The van der Waals surface area contributed by atoms with Crippen LogP contribution in [0.5, 0.6) is 0 Å². The molecule has 1 aliphatic heterocycles. The second-order valence-corrected chi connectivity index (χ2v) is 2.91. The molecule has 0 aromatic heterocycles. The highest BCUT2D eigenvalue weighted by Crippen LogP contribution is 2.16. The second kappa shape index (κ2) is 4.19. The number of aliphatic imine (C=N–C) groups is 1. The van der Waals surface area contributed by atoms with Gasteiger partial charge in [-0.2, -0.15) is 5.26 Å². The lowest BCUT2D eigenvalue weighted by Gasteiger charge is -2.22. The molecule has 0 spiro atoms. The van der Waals surface area contributed by atoms with Gasteiger partial charge in [0.15, 0.2) is 0 Å². The van der Waals surface area contributed by atoms with Crippen molar-refractivity contribution in [2.45, 2.75) is 25.1 Å². The molecule has 66 valence electrons. The van der Waals surface area contributed by atoms with Crippen molar-refractivity contribution < 1.29 is 5.11 Å². The number of nitrogens with one attached hydrogen (secondary N) is 1. The number of likely N-dealkylation sites (N-methyl/N-ethyl adjacent to an activating group) is 1. The Morgan fingerprint density at radius 3 is 2.92 bits per heavy atom. The van der Waals surface area contributed by atoms with Crippen molar-refractivity contribution >= 4 is 6.21 Å². The molecule has 3 unspecified atom stereocenters. The van der Waals surface area contributed by atoms with Gasteiger partial charge < -0.3 is 5.11 Å². The van der Waals surface area contributed by atoms with E-state index in [0.717, 1.165) is 12.8 Å². The van der Waals surface area contributed by atoms with E-state index < -0.39 is 6.23 Å². The predicted molar refractivity (Wildman–Crippen MR) is 45.7 cm³/mol. The van der Waals surface area contributed by atoms with Crippen LogP contribution < -0.4 is 5.32 Å². The highest BCUT2D eigenvalue weighted by atomic mass is 16.3. The summed E-state index contributed by atoms with van der Waals surface area (Å²) in [5.41, 5.74) is 0. The molecule has 1 aliphatic rings. The monoisotopic (exact) mass is 167 g/mol. The van der Waals surface area contributed by atoms with Gasteiger partial charge in [0.25, 0.3) is 0 Å². The van der Waals surface area contributed by atoms with Crippen molar-refractivity contribution in [2.75, 3.05) is 7.05 Å². The summed E-state index contributed by atoms with van der Waals surface area (Å²) in [6.45, 7) is 0. The van der Waals surface area contributed by atoms with E-state index in [1.807, 2.05) is 0 Å². The van der Waals surface area contributed by atoms with Gasteiger partial charge in [0.05, 0.1) is 18.0 Å². The van der Waals surface area contributed by atoms with Gasteiger partial charge >= 0.3 is 0 Å². The standard InChI is InChI=1S/C8H13N3O/c1-10-8(12)7-3-2-6(4-9)5-11-7/h5-8,10,12H,2-3H2,1H3. The van der Waals surface area contributed by atoms with Crippen LogP contribution in [0.25, 0.3) is 0 Å². The van der Waals surface area contributed by atoms with E-state index in [1.54, 1.807) is 13.3 Å². The first-order chi connectivity index (χ1) is 5.77. The van der Waals surface area contributed by atoms with Gasteiger partial charge in [-0.25, -0.2) is 0 Å². The first kappa shape index (κ1) is 9.17. The van der Waals surface area contributed by atoms with Crippen LogP contribution in [-0.2, 0) is 0 Å².